The van der Waals surface area contributed by atoms with Crippen molar-refractivity contribution in [2.45, 2.75) is 19.8 Å². The van der Waals surface area contributed by atoms with Crippen molar-refractivity contribution in [2.75, 3.05) is 6.54 Å². The van der Waals surface area contributed by atoms with Crippen molar-refractivity contribution in [1.29, 1.82) is 0 Å². The first-order valence-corrected chi connectivity index (χ1v) is 6.04. The van der Waals surface area contributed by atoms with Gasteiger partial charge in [0.1, 0.15) is 0 Å². The summed E-state index contributed by atoms with van der Waals surface area (Å²) in [7, 11) is 0. The summed E-state index contributed by atoms with van der Waals surface area (Å²) in [4.78, 5) is 11.2. The molecule has 2 nitrogen and oxygen atoms in total. The Balaban J connectivity index is 2.11. The first-order valence-electron chi connectivity index (χ1n) is 6.04. The minimum Gasteiger partial charge on any atom is -0.356 e. The Bertz CT molecular complexity index is 514. The lowest BCUT2D eigenvalue weighted by Gasteiger charge is -2.07. The first kappa shape index (κ1) is 11.6. The highest BCUT2D eigenvalue weighted by atomic mass is 16.1. The van der Waals surface area contributed by atoms with Gasteiger partial charge >= 0.3 is 0 Å². The van der Waals surface area contributed by atoms with Crippen LogP contribution in [0.25, 0.3) is 10.8 Å². The molecule has 2 aromatic carbocycles. The number of hydrogen-bond acceptors (Lipinski definition) is 1. The van der Waals surface area contributed by atoms with E-state index in [1.807, 2.05) is 13.0 Å². The van der Waals surface area contributed by atoms with Gasteiger partial charge in [0.15, 0.2) is 0 Å². The third kappa shape index (κ3) is 2.84. The molecule has 0 aliphatic rings. The van der Waals surface area contributed by atoms with E-state index in [4.69, 9.17) is 0 Å². The second kappa shape index (κ2) is 5.48. The lowest BCUT2D eigenvalue weighted by atomic mass is 10.0. The smallest absolute Gasteiger partial charge is 0.219 e. The van der Waals surface area contributed by atoms with Gasteiger partial charge in [-0.1, -0.05) is 49.4 Å². The zero-order valence-electron chi connectivity index (χ0n) is 10.1. The molecule has 0 saturated carbocycles. The third-order valence-electron chi connectivity index (χ3n) is 2.92. The van der Waals surface area contributed by atoms with Crippen LogP contribution in [-0.2, 0) is 11.2 Å². The number of fused-ring (bicyclic) bond motifs is 1. The highest BCUT2D eigenvalue weighted by molar-refractivity contribution is 5.85. The van der Waals surface area contributed by atoms with Crippen molar-refractivity contribution < 1.29 is 4.79 Å². The van der Waals surface area contributed by atoms with Gasteiger partial charge in [0.25, 0.3) is 0 Å². The Hall–Kier alpha value is -1.83. The SMILES string of the molecule is CCC(=O)NCCc1cccc2ccccc12. The van der Waals surface area contributed by atoms with Crippen LogP contribution >= 0.6 is 0 Å². The number of amides is 1. The number of hydrogen-bond donors (Lipinski definition) is 1. The molecule has 0 aliphatic carbocycles. The van der Waals surface area contributed by atoms with Crippen LogP contribution in [0, 0.1) is 0 Å². The minimum absolute atomic E-state index is 0.116. The summed E-state index contributed by atoms with van der Waals surface area (Å²) in [5.74, 6) is 0.116. The van der Waals surface area contributed by atoms with E-state index in [0.717, 1.165) is 6.42 Å². The van der Waals surface area contributed by atoms with Crippen LogP contribution in [0.15, 0.2) is 42.5 Å². The van der Waals surface area contributed by atoms with Gasteiger partial charge in [-0.3, -0.25) is 4.79 Å². The van der Waals surface area contributed by atoms with Gasteiger partial charge in [0, 0.05) is 13.0 Å². The maximum absolute atomic E-state index is 11.2. The largest absolute Gasteiger partial charge is 0.356 e. The molecule has 0 fully saturated rings. The number of nitrogens with one attached hydrogen (secondary N) is 1. The quantitative estimate of drug-likeness (QED) is 0.855. The fourth-order valence-corrected chi connectivity index (χ4v) is 1.97. The van der Waals surface area contributed by atoms with Gasteiger partial charge in [0.2, 0.25) is 5.91 Å². The molecule has 0 aliphatic heterocycles. The first-order chi connectivity index (χ1) is 8.31. The summed E-state index contributed by atoms with van der Waals surface area (Å²) in [6.45, 7) is 2.58. The van der Waals surface area contributed by atoms with E-state index in [1.165, 1.54) is 16.3 Å². The molecule has 0 bridgehead atoms. The summed E-state index contributed by atoms with van der Waals surface area (Å²) in [5.41, 5.74) is 1.29. The van der Waals surface area contributed by atoms with E-state index < -0.39 is 0 Å². The normalized spacial score (nSPS) is 10.4. The Morgan fingerprint density at radius 2 is 1.88 bits per heavy atom. The molecular formula is C15H17NO. The molecule has 0 heterocycles. The van der Waals surface area contributed by atoms with E-state index in [-0.39, 0.29) is 5.91 Å². The topological polar surface area (TPSA) is 29.1 Å². The predicted molar refractivity (Wildman–Crippen MR) is 71.0 cm³/mol. The van der Waals surface area contributed by atoms with Crippen LogP contribution in [0.4, 0.5) is 0 Å². The number of benzene rings is 2. The predicted octanol–water partition coefficient (Wildman–Crippen LogP) is 2.91. The zero-order valence-corrected chi connectivity index (χ0v) is 10.1. The lowest BCUT2D eigenvalue weighted by molar-refractivity contribution is -0.120. The van der Waals surface area contributed by atoms with E-state index >= 15 is 0 Å². The van der Waals surface area contributed by atoms with Crippen molar-refractivity contribution in [3.05, 3.63) is 48.0 Å². The molecule has 1 N–H and O–H groups in total. The van der Waals surface area contributed by atoms with Crippen molar-refractivity contribution >= 4 is 16.7 Å². The zero-order chi connectivity index (χ0) is 12.1. The molecule has 0 spiro atoms. The molecule has 0 aromatic heterocycles. The summed E-state index contributed by atoms with van der Waals surface area (Å²) >= 11 is 0. The van der Waals surface area contributed by atoms with Gasteiger partial charge < -0.3 is 5.32 Å². The van der Waals surface area contributed by atoms with Crippen molar-refractivity contribution in [3.8, 4) is 0 Å². The Morgan fingerprint density at radius 1 is 1.12 bits per heavy atom. The van der Waals surface area contributed by atoms with Crippen LogP contribution in [0.2, 0.25) is 0 Å². The van der Waals surface area contributed by atoms with Crippen LogP contribution in [0.3, 0.4) is 0 Å². The summed E-state index contributed by atoms with van der Waals surface area (Å²) in [6, 6.07) is 14.7. The summed E-state index contributed by atoms with van der Waals surface area (Å²) < 4.78 is 0. The van der Waals surface area contributed by atoms with E-state index in [1.54, 1.807) is 0 Å². The molecule has 2 aromatic rings. The fraction of sp³-hybridized carbons (Fsp3) is 0.267. The molecule has 0 atom stereocenters. The van der Waals surface area contributed by atoms with E-state index in [0.29, 0.717) is 13.0 Å². The highest BCUT2D eigenvalue weighted by Crippen LogP contribution is 2.18. The van der Waals surface area contributed by atoms with Crippen LogP contribution < -0.4 is 5.32 Å². The summed E-state index contributed by atoms with van der Waals surface area (Å²) in [5, 5.41) is 5.44. The standard InChI is InChI=1S/C15H17NO/c1-2-15(17)16-11-10-13-8-5-7-12-6-3-4-9-14(12)13/h3-9H,2,10-11H2,1H3,(H,16,17). The lowest BCUT2D eigenvalue weighted by Crippen LogP contribution is -2.24. The molecule has 2 rings (SSSR count). The molecule has 0 unspecified atom stereocenters. The van der Waals surface area contributed by atoms with E-state index in [9.17, 15) is 4.79 Å². The molecule has 88 valence electrons. The Morgan fingerprint density at radius 3 is 2.71 bits per heavy atom. The van der Waals surface area contributed by atoms with Gasteiger partial charge in [0.05, 0.1) is 0 Å². The molecule has 1 amide bonds. The van der Waals surface area contributed by atoms with Crippen LogP contribution in [-0.4, -0.2) is 12.5 Å². The molecule has 2 heteroatoms. The molecule has 0 radical (unpaired) electrons. The number of rotatable bonds is 4. The molecular weight excluding hydrogens is 210 g/mol. The van der Waals surface area contributed by atoms with Crippen molar-refractivity contribution in [3.63, 3.8) is 0 Å². The van der Waals surface area contributed by atoms with Gasteiger partial charge in [-0.05, 0) is 22.8 Å². The second-order valence-electron chi connectivity index (χ2n) is 4.09. The van der Waals surface area contributed by atoms with Gasteiger partial charge in [-0.25, -0.2) is 0 Å². The minimum atomic E-state index is 0.116. The maximum atomic E-state index is 11.2. The van der Waals surface area contributed by atoms with Crippen LogP contribution in [0.5, 0.6) is 0 Å². The highest BCUT2D eigenvalue weighted by Gasteiger charge is 2.01. The fourth-order valence-electron chi connectivity index (χ4n) is 1.97. The molecule has 0 saturated heterocycles. The monoisotopic (exact) mass is 227 g/mol. The van der Waals surface area contributed by atoms with Gasteiger partial charge in [-0.15, -0.1) is 0 Å². The maximum Gasteiger partial charge on any atom is 0.219 e. The molecule has 17 heavy (non-hydrogen) atoms. The number of carbonyl (C=O) groups excluding carboxylic acids is 1. The average molecular weight is 227 g/mol. The Labute approximate surface area is 102 Å². The number of carbonyl (C=O) groups is 1. The van der Waals surface area contributed by atoms with Crippen molar-refractivity contribution in [2.24, 2.45) is 0 Å². The summed E-state index contributed by atoms with van der Waals surface area (Å²) in [6.07, 6.45) is 1.43. The average Bonchev–Trinajstić information content (AvgIpc) is 2.39. The Kier molecular flexibility index (Phi) is 3.76. The van der Waals surface area contributed by atoms with Gasteiger partial charge in [-0.2, -0.15) is 0 Å². The van der Waals surface area contributed by atoms with Crippen LogP contribution in [0.1, 0.15) is 18.9 Å². The second-order valence-corrected chi connectivity index (χ2v) is 4.09. The third-order valence-corrected chi connectivity index (χ3v) is 2.92. The van der Waals surface area contributed by atoms with E-state index in [2.05, 4.69) is 41.7 Å². The van der Waals surface area contributed by atoms with Crippen molar-refractivity contribution in [1.82, 2.24) is 5.32 Å².